The van der Waals surface area contributed by atoms with Gasteiger partial charge in [-0.1, -0.05) is 23.9 Å². The largest absolute Gasteiger partial charge is 0.324 e. The highest BCUT2D eigenvalue weighted by Gasteiger charge is 2.20. The van der Waals surface area contributed by atoms with Gasteiger partial charge in [0.15, 0.2) is 0 Å². The average molecular weight is 383 g/mol. The molecule has 1 aromatic carbocycles. The summed E-state index contributed by atoms with van der Waals surface area (Å²) in [5, 5.41) is 13.5. The van der Waals surface area contributed by atoms with Crippen LogP contribution in [0.2, 0.25) is 0 Å². The second kappa shape index (κ2) is 7.44. The number of carbonyl (C=O) groups is 1. The molecule has 26 heavy (non-hydrogen) atoms. The molecule has 0 radical (unpaired) electrons. The second-order valence-corrected chi connectivity index (χ2v) is 8.48. The van der Waals surface area contributed by atoms with E-state index in [9.17, 15) is 4.79 Å². The van der Waals surface area contributed by atoms with Crippen molar-refractivity contribution in [1.29, 1.82) is 5.26 Å². The van der Waals surface area contributed by atoms with Crippen molar-refractivity contribution in [2.24, 2.45) is 0 Å². The third kappa shape index (κ3) is 3.57. The number of nitriles is 1. The maximum Gasteiger partial charge on any atom is 0.237 e. The highest BCUT2D eigenvalue weighted by atomic mass is 32.2. The van der Waals surface area contributed by atoms with E-state index >= 15 is 0 Å². The van der Waals surface area contributed by atoms with E-state index in [-0.39, 0.29) is 11.2 Å². The van der Waals surface area contributed by atoms with Crippen molar-refractivity contribution < 1.29 is 4.79 Å². The van der Waals surface area contributed by atoms with Gasteiger partial charge in [-0.15, -0.1) is 11.3 Å². The van der Waals surface area contributed by atoms with Crippen LogP contribution in [-0.4, -0.2) is 21.1 Å². The van der Waals surface area contributed by atoms with Crippen molar-refractivity contribution in [3.05, 3.63) is 46.1 Å². The predicted molar refractivity (Wildman–Crippen MR) is 107 cm³/mol. The zero-order valence-electron chi connectivity index (χ0n) is 15.0. The smallest absolute Gasteiger partial charge is 0.237 e. The Bertz CT molecular complexity index is 1040. The molecule has 1 amide bonds. The number of fused-ring (bicyclic) bond motifs is 1. The van der Waals surface area contributed by atoms with Gasteiger partial charge in [0.2, 0.25) is 5.91 Å². The highest BCUT2D eigenvalue weighted by Crippen LogP contribution is 2.36. The Morgan fingerprint density at radius 2 is 2.00 bits per heavy atom. The first kappa shape index (κ1) is 18.4. The number of hydrogen-bond acceptors (Lipinski definition) is 6. The van der Waals surface area contributed by atoms with Gasteiger partial charge in [0, 0.05) is 10.3 Å². The van der Waals surface area contributed by atoms with Crippen molar-refractivity contribution in [2.75, 3.05) is 5.32 Å². The van der Waals surface area contributed by atoms with E-state index < -0.39 is 0 Å². The zero-order chi connectivity index (χ0) is 18.8. The van der Waals surface area contributed by atoms with Gasteiger partial charge in [-0.2, -0.15) is 5.26 Å². The molecule has 2 heterocycles. The third-order valence-electron chi connectivity index (χ3n) is 4.07. The first-order chi connectivity index (χ1) is 12.4. The molecule has 0 aliphatic rings. The molecule has 1 atom stereocenters. The summed E-state index contributed by atoms with van der Waals surface area (Å²) in [6, 6.07) is 9.07. The lowest BCUT2D eigenvalue weighted by Gasteiger charge is -2.13. The summed E-state index contributed by atoms with van der Waals surface area (Å²) in [6.07, 6.45) is 0. The fourth-order valence-corrected chi connectivity index (χ4v) is 4.74. The van der Waals surface area contributed by atoms with E-state index in [4.69, 9.17) is 5.26 Å². The van der Waals surface area contributed by atoms with Crippen molar-refractivity contribution in [3.8, 4) is 6.07 Å². The number of hydrogen-bond donors (Lipinski definition) is 1. The fourth-order valence-electron chi connectivity index (χ4n) is 2.54. The molecule has 3 aromatic rings. The van der Waals surface area contributed by atoms with Gasteiger partial charge in [-0.05, 0) is 45.4 Å². The Morgan fingerprint density at radius 1 is 1.27 bits per heavy atom. The molecule has 0 spiro atoms. The normalized spacial score (nSPS) is 12.0. The van der Waals surface area contributed by atoms with Crippen molar-refractivity contribution in [3.63, 3.8) is 0 Å². The summed E-state index contributed by atoms with van der Waals surface area (Å²) in [6.45, 7) is 7.83. The number of amides is 1. The molecular formula is C19H18N4OS2. The topological polar surface area (TPSA) is 78.7 Å². The van der Waals surface area contributed by atoms with Gasteiger partial charge in [0.05, 0.1) is 16.5 Å². The van der Waals surface area contributed by atoms with E-state index in [0.717, 1.165) is 20.8 Å². The van der Waals surface area contributed by atoms with E-state index in [1.807, 2.05) is 13.8 Å². The Balaban J connectivity index is 1.86. The van der Waals surface area contributed by atoms with E-state index in [1.165, 1.54) is 16.6 Å². The summed E-state index contributed by atoms with van der Waals surface area (Å²) in [4.78, 5) is 23.9. The first-order valence-electron chi connectivity index (χ1n) is 8.11. The molecule has 0 saturated carbocycles. The quantitative estimate of drug-likeness (QED) is 0.527. The van der Waals surface area contributed by atoms with Crippen molar-refractivity contribution >= 4 is 44.9 Å². The molecule has 0 fully saturated rings. The standard InChI is InChI=1S/C19H18N4OS2/c1-10-11(2)25-18-16(10)19(22-13(4)21-18)26-12(3)17(24)23-15-8-6-5-7-14(15)9-20/h5-8,12H,1-4H3,(H,23,24)/t12-/m1/s1. The number of nitrogens with one attached hydrogen (secondary N) is 1. The van der Waals surface area contributed by atoms with Crippen LogP contribution < -0.4 is 5.32 Å². The monoisotopic (exact) mass is 382 g/mol. The maximum absolute atomic E-state index is 12.6. The molecular weight excluding hydrogens is 364 g/mol. The maximum atomic E-state index is 12.6. The average Bonchev–Trinajstić information content (AvgIpc) is 2.89. The Labute approximate surface area is 160 Å². The number of para-hydroxylation sites is 1. The Morgan fingerprint density at radius 3 is 2.73 bits per heavy atom. The van der Waals surface area contributed by atoms with Crippen LogP contribution in [0.15, 0.2) is 29.3 Å². The van der Waals surface area contributed by atoms with Gasteiger partial charge < -0.3 is 5.32 Å². The van der Waals surface area contributed by atoms with Crippen molar-refractivity contribution in [2.45, 2.75) is 38.0 Å². The first-order valence-corrected chi connectivity index (χ1v) is 9.81. The molecule has 3 rings (SSSR count). The number of anilines is 1. The fraction of sp³-hybridized carbons (Fsp3) is 0.263. The van der Waals surface area contributed by atoms with Gasteiger partial charge in [0.1, 0.15) is 21.7 Å². The zero-order valence-corrected chi connectivity index (χ0v) is 16.6. The minimum atomic E-state index is -0.362. The Kier molecular flexibility index (Phi) is 5.25. The molecule has 0 aliphatic carbocycles. The van der Waals surface area contributed by atoms with E-state index in [0.29, 0.717) is 17.1 Å². The van der Waals surface area contributed by atoms with Crippen LogP contribution in [0.1, 0.15) is 28.8 Å². The van der Waals surface area contributed by atoms with Crippen molar-refractivity contribution in [1.82, 2.24) is 9.97 Å². The van der Waals surface area contributed by atoms with Crippen LogP contribution in [0, 0.1) is 32.1 Å². The Hall–Kier alpha value is -2.43. The number of thiophene rings is 1. The number of aryl methyl sites for hydroxylation is 3. The number of benzene rings is 1. The van der Waals surface area contributed by atoms with Gasteiger partial charge >= 0.3 is 0 Å². The van der Waals surface area contributed by atoms with Gasteiger partial charge in [-0.25, -0.2) is 9.97 Å². The minimum Gasteiger partial charge on any atom is -0.324 e. The number of carbonyl (C=O) groups excluding carboxylic acids is 1. The SMILES string of the molecule is Cc1nc(S[C@H](C)C(=O)Nc2ccccc2C#N)c2c(C)c(C)sc2n1. The minimum absolute atomic E-state index is 0.160. The summed E-state index contributed by atoms with van der Waals surface area (Å²) in [7, 11) is 0. The predicted octanol–water partition coefficient (Wildman–Crippen LogP) is 4.61. The molecule has 2 aromatic heterocycles. The number of aromatic nitrogens is 2. The molecule has 0 saturated heterocycles. The molecule has 0 unspecified atom stereocenters. The molecule has 0 aliphatic heterocycles. The molecule has 1 N–H and O–H groups in total. The summed E-state index contributed by atoms with van der Waals surface area (Å²) >= 11 is 3.07. The lowest BCUT2D eigenvalue weighted by atomic mass is 10.2. The van der Waals surface area contributed by atoms with Crippen LogP contribution in [0.3, 0.4) is 0 Å². The van der Waals surface area contributed by atoms with Gasteiger partial charge in [-0.3, -0.25) is 4.79 Å². The summed E-state index contributed by atoms with van der Waals surface area (Å²) in [5.41, 5.74) is 2.14. The third-order valence-corrected chi connectivity index (χ3v) is 6.26. The van der Waals surface area contributed by atoms with Crippen LogP contribution >= 0.6 is 23.1 Å². The molecule has 0 bridgehead atoms. The summed E-state index contributed by atoms with van der Waals surface area (Å²) < 4.78 is 0. The number of rotatable bonds is 4. The van der Waals surface area contributed by atoms with Crippen LogP contribution in [0.25, 0.3) is 10.2 Å². The molecule has 7 heteroatoms. The van der Waals surface area contributed by atoms with E-state index in [1.54, 1.807) is 35.6 Å². The number of thioether (sulfide) groups is 1. The van der Waals surface area contributed by atoms with Crippen LogP contribution in [0.4, 0.5) is 5.69 Å². The second-order valence-electron chi connectivity index (χ2n) is 5.95. The molecule has 132 valence electrons. The van der Waals surface area contributed by atoms with Crippen LogP contribution in [-0.2, 0) is 4.79 Å². The highest BCUT2D eigenvalue weighted by molar-refractivity contribution is 8.00. The lowest BCUT2D eigenvalue weighted by molar-refractivity contribution is -0.115. The van der Waals surface area contributed by atoms with Crippen LogP contribution in [0.5, 0.6) is 0 Å². The summed E-state index contributed by atoms with van der Waals surface area (Å²) in [5.74, 6) is 0.537. The van der Waals surface area contributed by atoms with E-state index in [2.05, 4.69) is 35.2 Å². The number of nitrogens with zero attached hydrogens (tertiary/aromatic N) is 3. The molecule has 5 nitrogen and oxygen atoms in total. The lowest BCUT2D eigenvalue weighted by Crippen LogP contribution is -2.23. The van der Waals surface area contributed by atoms with Gasteiger partial charge in [0.25, 0.3) is 0 Å².